The molecule has 1 aliphatic carbocycles. The quantitative estimate of drug-likeness (QED) is 0.602. The van der Waals surface area contributed by atoms with Crippen LogP contribution in [0.1, 0.15) is 26.2 Å². The standard InChI is InChI=1S/C10H16O2/c1-8(11)10(12-2)9-6-4-3-5-7-9/h3-4,9-10H,5-7H2,1-2H3. The topological polar surface area (TPSA) is 26.3 Å². The number of carbonyl (C=O) groups is 1. The predicted molar refractivity (Wildman–Crippen MR) is 48.0 cm³/mol. The summed E-state index contributed by atoms with van der Waals surface area (Å²) in [5.41, 5.74) is 0. The molecule has 1 rings (SSSR count). The van der Waals surface area contributed by atoms with Crippen LogP contribution in [0.3, 0.4) is 0 Å². The van der Waals surface area contributed by atoms with Gasteiger partial charge in [-0.2, -0.15) is 0 Å². The smallest absolute Gasteiger partial charge is 0.158 e. The zero-order chi connectivity index (χ0) is 8.97. The molecule has 2 nitrogen and oxygen atoms in total. The summed E-state index contributed by atoms with van der Waals surface area (Å²) in [6, 6.07) is 0. The van der Waals surface area contributed by atoms with Gasteiger partial charge in [-0.05, 0) is 32.1 Å². The van der Waals surface area contributed by atoms with Gasteiger partial charge in [-0.3, -0.25) is 4.79 Å². The summed E-state index contributed by atoms with van der Waals surface area (Å²) in [5.74, 6) is 0.551. The number of ketones is 1. The van der Waals surface area contributed by atoms with Crippen LogP contribution in [0.15, 0.2) is 12.2 Å². The SMILES string of the molecule is COC(C(C)=O)C1CC=CCC1. The Labute approximate surface area is 73.6 Å². The van der Waals surface area contributed by atoms with E-state index in [9.17, 15) is 4.79 Å². The highest BCUT2D eigenvalue weighted by Crippen LogP contribution is 2.23. The highest BCUT2D eigenvalue weighted by atomic mass is 16.5. The number of carbonyl (C=O) groups excluding carboxylic acids is 1. The Balaban J connectivity index is 2.53. The van der Waals surface area contributed by atoms with Crippen LogP contribution < -0.4 is 0 Å². The summed E-state index contributed by atoms with van der Waals surface area (Å²) in [4.78, 5) is 11.1. The highest BCUT2D eigenvalue weighted by Gasteiger charge is 2.24. The zero-order valence-corrected chi connectivity index (χ0v) is 7.75. The van der Waals surface area contributed by atoms with Gasteiger partial charge in [0.1, 0.15) is 6.10 Å². The lowest BCUT2D eigenvalue weighted by Crippen LogP contribution is -2.30. The van der Waals surface area contributed by atoms with Crippen molar-refractivity contribution in [2.45, 2.75) is 32.3 Å². The van der Waals surface area contributed by atoms with Crippen molar-refractivity contribution in [3.05, 3.63) is 12.2 Å². The van der Waals surface area contributed by atoms with E-state index in [0.29, 0.717) is 5.92 Å². The second kappa shape index (κ2) is 4.41. The van der Waals surface area contributed by atoms with Gasteiger partial charge in [0.2, 0.25) is 0 Å². The van der Waals surface area contributed by atoms with Gasteiger partial charge in [-0.15, -0.1) is 0 Å². The van der Waals surface area contributed by atoms with E-state index in [1.807, 2.05) is 0 Å². The van der Waals surface area contributed by atoms with Gasteiger partial charge in [0.05, 0.1) is 0 Å². The average Bonchev–Trinajstić information content (AvgIpc) is 2.07. The van der Waals surface area contributed by atoms with Crippen molar-refractivity contribution in [1.29, 1.82) is 0 Å². The summed E-state index contributed by atoms with van der Waals surface area (Å²) in [5, 5.41) is 0. The molecule has 0 aromatic rings. The molecule has 12 heavy (non-hydrogen) atoms. The molecule has 0 heterocycles. The monoisotopic (exact) mass is 168 g/mol. The minimum atomic E-state index is -0.185. The van der Waals surface area contributed by atoms with Crippen molar-refractivity contribution in [3.8, 4) is 0 Å². The van der Waals surface area contributed by atoms with E-state index in [4.69, 9.17) is 4.74 Å². The summed E-state index contributed by atoms with van der Waals surface area (Å²) in [7, 11) is 1.62. The van der Waals surface area contributed by atoms with Crippen molar-refractivity contribution < 1.29 is 9.53 Å². The fourth-order valence-corrected chi connectivity index (χ4v) is 1.78. The Morgan fingerprint density at radius 2 is 2.33 bits per heavy atom. The fourth-order valence-electron chi connectivity index (χ4n) is 1.78. The molecule has 0 aromatic heterocycles. The Morgan fingerprint density at radius 1 is 1.58 bits per heavy atom. The van der Waals surface area contributed by atoms with Crippen molar-refractivity contribution in [2.24, 2.45) is 5.92 Å². The molecule has 0 saturated carbocycles. The summed E-state index contributed by atoms with van der Waals surface area (Å²) >= 11 is 0. The number of allylic oxidation sites excluding steroid dienone is 2. The number of hydrogen-bond acceptors (Lipinski definition) is 2. The molecule has 1 aliphatic rings. The van der Waals surface area contributed by atoms with Crippen molar-refractivity contribution in [2.75, 3.05) is 7.11 Å². The third kappa shape index (κ3) is 2.18. The van der Waals surface area contributed by atoms with Gasteiger partial charge in [-0.25, -0.2) is 0 Å². The van der Waals surface area contributed by atoms with Gasteiger partial charge in [-0.1, -0.05) is 12.2 Å². The lowest BCUT2D eigenvalue weighted by atomic mass is 9.88. The van der Waals surface area contributed by atoms with Crippen molar-refractivity contribution in [3.63, 3.8) is 0 Å². The molecule has 0 fully saturated rings. The second-order valence-corrected chi connectivity index (χ2v) is 3.31. The van der Waals surface area contributed by atoms with E-state index in [1.165, 1.54) is 0 Å². The highest BCUT2D eigenvalue weighted by molar-refractivity contribution is 5.80. The molecule has 2 heteroatoms. The molecule has 0 N–H and O–H groups in total. The van der Waals surface area contributed by atoms with Crippen molar-refractivity contribution in [1.82, 2.24) is 0 Å². The molecule has 0 aromatic carbocycles. The molecule has 0 saturated heterocycles. The van der Waals surface area contributed by atoms with Gasteiger partial charge < -0.3 is 4.74 Å². The number of rotatable bonds is 3. The summed E-state index contributed by atoms with van der Waals surface area (Å²) in [6.45, 7) is 1.60. The summed E-state index contributed by atoms with van der Waals surface area (Å²) < 4.78 is 5.17. The van der Waals surface area contributed by atoms with Gasteiger partial charge in [0.25, 0.3) is 0 Å². The lowest BCUT2D eigenvalue weighted by molar-refractivity contribution is -0.129. The maximum atomic E-state index is 11.1. The van der Waals surface area contributed by atoms with Crippen LogP contribution in [-0.2, 0) is 9.53 Å². The number of ether oxygens (including phenoxy) is 1. The van der Waals surface area contributed by atoms with Crippen LogP contribution in [-0.4, -0.2) is 19.0 Å². The Bertz CT molecular complexity index is 184. The minimum absolute atomic E-state index is 0.151. The number of methoxy groups -OCH3 is 1. The van der Waals surface area contributed by atoms with E-state index in [0.717, 1.165) is 19.3 Å². The van der Waals surface area contributed by atoms with Gasteiger partial charge >= 0.3 is 0 Å². The molecule has 68 valence electrons. The average molecular weight is 168 g/mol. The van der Waals surface area contributed by atoms with Crippen LogP contribution in [0.4, 0.5) is 0 Å². The van der Waals surface area contributed by atoms with E-state index in [-0.39, 0.29) is 11.9 Å². The van der Waals surface area contributed by atoms with Crippen LogP contribution in [0.25, 0.3) is 0 Å². The maximum Gasteiger partial charge on any atom is 0.158 e. The third-order valence-corrected chi connectivity index (χ3v) is 2.39. The molecule has 0 radical (unpaired) electrons. The Hall–Kier alpha value is -0.630. The lowest BCUT2D eigenvalue weighted by Gasteiger charge is -2.24. The molecular weight excluding hydrogens is 152 g/mol. The predicted octanol–water partition coefficient (Wildman–Crippen LogP) is 1.95. The van der Waals surface area contributed by atoms with Crippen LogP contribution in [0.2, 0.25) is 0 Å². The largest absolute Gasteiger partial charge is 0.373 e. The van der Waals surface area contributed by atoms with E-state index in [1.54, 1.807) is 14.0 Å². The summed E-state index contributed by atoms with van der Waals surface area (Å²) in [6.07, 6.45) is 7.27. The van der Waals surface area contributed by atoms with Gasteiger partial charge in [0, 0.05) is 7.11 Å². The van der Waals surface area contributed by atoms with E-state index < -0.39 is 0 Å². The molecule has 0 amide bonds. The first-order valence-corrected chi connectivity index (χ1v) is 4.44. The molecule has 2 atom stereocenters. The third-order valence-electron chi connectivity index (χ3n) is 2.39. The van der Waals surface area contributed by atoms with E-state index >= 15 is 0 Å². The molecule has 0 aliphatic heterocycles. The molecule has 2 unspecified atom stereocenters. The normalized spacial score (nSPS) is 25.3. The van der Waals surface area contributed by atoms with E-state index in [2.05, 4.69) is 12.2 Å². The van der Waals surface area contributed by atoms with Crippen LogP contribution >= 0.6 is 0 Å². The molecular formula is C10H16O2. The fraction of sp³-hybridized carbons (Fsp3) is 0.700. The van der Waals surface area contributed by atoms with Gasteiger partial charge in [0.15, 0.2) is 5.78 Å². The number of hydrogen-bond donors (Lipinski definition) is 0. The molecule has 0 bridgehead atoms. The van der Waals surface area contributed by atoms with Crippen LogP contribution in [0, 0.1) is 5.92 Å². The van der Waals surface area contributed by atoms with Crippen molar-refractivity contribution >= 4 is 5.78 Å². The first-order valence-electron chi connectivity index (χ1n) is 4.44. The minimum Gasteiger partial charge on any atom is -0.373 e. The Morgan fingerprint density at radius 3 is 2.75 bits per heavy atom. The molecule has 0 spiro atoms. The zero-order valence-electron chi connectivity index (χ0n) is 7.75. The van der Waals surface area contributed by atoms with Crippen LogP contribution in [0.5, 0.6) is 0 Å². The first kappa shape index (κ1) is 9.46. The first-order chi connectivity index (χ1) is 5.75. The maximum absolute atomic E-state index is 11.1. The Kier molecular flexibility index (Phi) is 3.48. The number of Topliss-reactive ketones (excluding diaryl/α,β-unsaturated/α-hetero) is 1. The second-order valence-electron chi connectivity index (χ2n) is 3.31.